The molecule has 14 heavy (non-hydrogen) atoms. The lowest BCUT2D eigenvalue weighted by Gasteiger charge is -1.98. The zero-order valence-corrected chi connectivity index (χ0v) is 7.01. The van der Waals surface area contributed by atoms with E-state index in [1.807, 2.05) is 0 Å². The molecule has 0 saturated heterocycles. The van der Waals surface area contributed by atoms with Crippen LogP contribution in [0, 0.1) is 0 Å². The number of aromatic nitrogens is 5. The molecule has 0 aromatic carbocycles. The Morgan fingerprint density at radius 1 is 1.29 bits per heavy atom. The van der Waals surface area contributed by atoms with Crippen LogP contribution in [0.25, 0.3) is 0 Å². The van der Waals surface area contributed by atoms with Crippen molar-refractivity contribution in [2.24, 2.45) is 0 Å². The molecule has 2 aromatic rings. The van der Waals surface area contributed by atoms with Crippen LogP contribution in [0.15, 0.2) is 24.8 Å². The number of nitrogens with one attached hydrogen (secondary N) is 2. The van der Waals surface area contributed by atoms with Crippen LogP contribution in [0.1, 0.15) is 10.6 Å². The van der Waals surface area contributed by atoms with Crippen molar-refractivity contribution in [3.05, 3.63) is 30.6 Å². The first-order chi connectivity index (χ1) is 6.86. The maximum absolute atomic E-state index is 11.4. The number of anilines is 1. The Bertz CT molecular complexity index is 411. The molecule has 0 fully saturated rings. The van der Waals surface area contributed by atoms with Crippen molar-refractivity contribution < 1.29 is 4.79 Å². The van der Waals surface area contributed by atoms with E-state index in [1.165, 1.54) is 18.7 Å². The molecule has 7 nitrogen and oxygen atoms in total. The van der Waals surface area contributed by atoms with Gasteiger partial charge in [-0.2, -0.15) is 5.10 Å². The predicted octanol–water partition coefficient (Wildman–Crippen LogP) is -0.153. The van der Waals surface area contributed by atoms with E-state index in [0.29, 0.717) is 0 Å². The molecule has 0 unspecified atom stereocenters. The van der Waals surface area contributed by atoms with Crippen LogP contribution < -0.4 is 5.32 Å². The largest absolute Gasteiger partial charge is 0.295 e. The molecule has 2 N–H and O–H groups in total. The molecule has 0 aliphatic rings. The number of H-pyrrole nitrogens is 1. The number of amides is 1. The summed E-state index contributed by atoms with van der Waals surface area (Å²) in [5, 5.41) is 8.42. The molecule has 0 atom stereocenters. The minimum atomic E-state index is -0.422. The van der Waals surface area contributed by atoms with Crippen molar-refractivity contribution in [1.82, 2.24) is 25.1 Å². The van der Waals surface area contributed by atoms with E-state index in [0.717, 1.165) is 0 Å². The normalized spacial score (nSPS) is 9.71. The second kappa shape index (κ2) is 3.60. The van der Waals surface area contributed by atoms with E-state index in [-0.39, 0.29) is 11.8 Å². The fourth-order valence-corrected chi connectivity index (χ4v) is 0.839. The molecule has 2 aromatic heterocycles. The minimum Gasteiger partial charge on any atom is -0.288 e. The Morgan fingerprint density at radius 2 is 2.07 bits per heavy atom. The molecule has 0 radical (unpaired) electrons. The van der Waals surface area contributed by atoms with Crippen LogP contribution in [0.5, 0.6) is 0 Å². The number of hydrogen-bond donors (Lipinski definition) is 2. The van der Waals surface area contributed by atoms with Gasteiger partial charge in [0.1, 0.15) is 6.33 Å². The van der Waals surface area contributed by atoms with Gasteiger partial charge in [0.2, 0.25) is 11.8 Å². The number of hydrogen-bond acceptors (Lipinski definition) is 5. The Labute approximate surface area is 78.6 Å². The van der Waals surface area contributed by atoms with Gasteiger partial charge in [0, 0.05) is 12.4 Å². The van der Waals surface area contributed by atoms with Crippen LogP contribution in [0.2, 0.25) is 0 Å². The van der Waals surface area contributed by atoms with Gasteiger partial charge in [-0.25, -0.2) is 15.0 Å². The summed E-state index contributed by atoms with van der Waals surface area (Å²) in [5.41, 5.74) is 0. The molecular formula is C7H6N6O. The Kier molecular flexibility index (Phi) is 2.14. The van der Waals surface area contributed by atoms with E-state index in [2.05, 4.69) is 30.5 Å². The van der Waals surface area contributed by atoms with Crippen molar-refractivity contribution in [3.8, 4) is 0 Å². The maximum atomic E-state index is 11.4. The number of aromatic amines is 1. The molecule has 2 heterocycles. The molecule has 0 spiro atoms. The van der Waals surface area contributed by atoms with Crippen LogP contribution in [-0.4, -0.2) is 31.1 Å². The zero-order chi connectivity index (χ0) is 9.80. The van der Waals surface area contributed by atoms with Crippen LogP contribution in [-0.2, 0) is 0 Å². The lowest BCUT2D eigenvalue weighted by Crippen LogP contribution is -2.15. The average molecular weight is 190 g/mol. The average Bonchev–Trinajstić information content (AvgIpc) is 2.72. The third-order valence-corrected chi connectivity index (χ3v) is 1.42. The first kappa shape index (κ1) is 8.30. The van der Waals surface area contributed by atoms with Gasteiger partial charge in [0.25, 0.3) is 5.91 Å². The zero-order valence-electron chi connectivity index (χ0n) is 7.01. The van der Waals surface area contributed by atoms with E-state index in [1.54, 1.807) is 6.07 Å². The number of rotatable bonds is 2. The number of carbonyl (C=O) groups is 1. The SMILES string of the molecule is O=C(Nc1ncccn1)c1ncn[nH]1. The van der Waals surface area contributed by atoms with E-state index in [4.69, 9.17) is 0 Å². The summed E-state index contributed by atoms with van der Waals surface area (Å²) < 4.78 is 0. The maximum Gasteiger partial charge on any atom is 0.295 e. The first-order valence-corrected chi connectivity index (χ1v) is 3.80. The highest BCUT2D eigenvalue weighted by Crippen LogP contribution is 1.96. The van der Waals surface area contributed by atoms with Gasteiger partial charge in [-0.15, -0.1) is 0 Å². The van der Waals surface area contributed by atoms with Crippen LogP contribution in [0.3, 0.4) is 0 Å². The summed E-state index contributed by atoms with van der Waals surface area (Å²) in [7, 11) is 0. The molecule has 2 rings (SSSR count). The second-order valence-electron chi connectivity index (χ2n) is 2.36. The minimum absolute atomic E-state index is 0.123. The topological polar surface area (TPSA) is 96.5 Å². The number of carbonyl (C=O) groups excluding carboxylic acids is 1. The Morgan fingerprint density at radius 3 is 2.71 bits per heavy atom. The molecule has 0 aliphatic heterocycles. The molecule has 0 aliphatic carbocycles. The highest BCUT2D eigenvalue weighted by Gasteiger charge is 2.09. The van der Waals surface area contributed by atoms with Gasteiger partial charge in [-0.3, -0.25) is 15.2 Å². The van der Waals surface area contributed by atoms with Gasteiger partial charge >= 0.3 is 0 Å². The lowest BCUT2D eigenvalue weighted by molar-refractivity contribution is 0.101. The molecule has 0 bridgehead atoms. The van der Waals surface area contributed by atoms with E-state index in [9.17, 15) is 4.79 Å². The third kappa shape index (κ3) is 1.71. The molecule has 1 amide bonds. The summed E-state index contributed by atoms with van der Waals surface area (Å²) in [6.07, 6.45) is 4.31. The Hall–Kier alpha value is -2.31. The summed E-state index contributed by atoms with van der Waals surface area (Å²) in [4.78, 5) is 22.7. The summed E-state index contributed by atoms with van der Waals surface area (Å²) in [6.45, 7) is 0. The molecule has 7 heteroatoms. The fourth-order valence-electron chi connectivity index (χ4n) is 0.839. The predicted molar refractivity (Wildman–Crippen MR) is 46.4 cm³/mol. The van der Waals surface area contributed by atoms with Crippen molar-refractivity contribution in [1.29, 1.82) is 0 Å². The van der Waals surface area contributed by atoms with Crippen LogP contribution in [0.4, 0.5) is 5.95 Å². The Balaban J connectivity index is 2.10. The van der Waals surface area contributed by atoms with Gasteiger partial charge in [-0.05, 0) is 6.07 Å². The van der Waals surface area contributed by atoms with Crippen molar-refractivity contribution >= 4 is 11.9 Å². The van der Waals surface area contributed by atoms with Crippen molar-refractivity contribution in [2.75, 3.05) is 5.32 Å². The van der Waals surface area contributed by atoms with Crippen LogP contribution >= 0.6 is 0 Å². The monoisotopic (exact) mass is 190 g/mol. The highest BCUT2D eigenvalue weighted by molar-refractivity contribution is 6.00. The van der Waals surface area contributed by atoms with Gasteiger partial charge in [0.05, 0.1) is 0 Å². The number of nitrogens with zero attached hydrogens (tertiary/aromatic N) is 4. The standard InChI is InChI=1S/C7H6N6O/c14-6(5-10-4-11-13-5)12-7-8-2-1-3-9-7/h1-4H,(H,10,11,13)(H,8,9,12,14). The summed E-state index contributed by atoms with van der Waals surface area (Å²) in [6, 6.07) is 1.66. The lowest BCUT2D eigenvalue weighted by atomic mass is 10.5. The third-order valence-electron chi connectivity index (χ3n) is 1.42. The molecule has 70 valence electrons. The van der Waals surface area contributed by atoms with Crippen molar-refractivity contribution in [3.63, 3.8) is 0 Å². The second-order valence-corrected chi connectivity index (χ2v) is 2.36. The van der Waals surface area contributed by atoms with Crippen molar-refractivity contribution in [2.45, 2.75) is 0 Å². The highest BCUT2D eigenvalue weighted by atomic mass is 16.2. The summed E-state index contributed by atoms with van der Waals surface area (Å²) >= 11 is 0. The summed E-state index contributed by atoms with van der Waals surface area (Å²) in [5.74, 6) is -0.0694. The van der Waals surface area contributed by atoms with E-state index >= 15 is 0 Å². The van der Waals surface area contributed by atoms with Gasteiger partial charge < -0.3 is 0 Å². The smallest absolute Gasteiger partial charge is 0.288 e. The first-order valence-electron chi connectivity index (χ1n) is 3.80. The molecule has 0 saturated carbocycles. The quantitative estimate of drug-likeness (QED) is 0.686. The van der Waals surface area contributed by atoms with E-state index < -0.39 is 5.91 Å². The fraction of sp³-hybridized carbons (Fsp3) is 0. The van der Waals surface area contributed by atoms with Gasteiger partial charge in [-0.1, -0.05) is 0 Å². The van der Waals surface area contributed by atoms with Gasteiger partial charge in [0.15, 0.2) is 0 Å². The molecular weight excluding hydrogens is 184 g/mol.